The van der Waals surface area contributed by atoms with Crippen LogP contribution in [0.15, 0.2) is 48.5 Å². The summed E-state index contributed by atoms with van der Waals surface area (Å²) in [7, 11) is 1.61. The lowest BCUT2D eigenvalue weighted by molar-refractivity contribution is -0.118. The van der Waals surface area contributed by atoms with Crippen LogP contribution in [0, 0.1) is 0 Å². The first kappa shape index (κ1) is 20.0. The van der Waals surface area contributed by atoms with Gasteiger partial charge in [0.05, 0.1) is 12.4 Å². The summed E-state index contributed by atoms with van der Waals surface area (Å²) in [6.45, 7) is 0.506. The molecule has 0 aliphatic carbocycles. The first-order valence-electron chi connectivity index (χ1n) is 9.56. The normalized spacial score (nSPS) is 16.0. The monoisotopic (exact) mass is 423 g/mol. The van der Waals surface area contributed by atoms with Gasteiger partial charge in [0.15, 0.2) is 0 Å². The van der Waals surface area contributed by atoms with Crippen molar-refractivity contribution in [2.24, 2.45) is 0 Å². The molecule has 2 heterocycles. The first-order valence-corrected chi connectivity index (χ1v) is 10.4. The van der Waals surface area contributed by atoms with Gasteiger partial charge < -0.3 is 15.0 Å². The van der Waals surface area contributed by atoms with Crippen LogP contribution in [0.1, 0.15) is 21.6 Å². The van der Waals surface area contributed by atoms with E-state index in [0.29, 0.717) is 25.1 Å². The van der Waals surface area contributed by atoms with Gasteiger partial charge in [-0.3, -0.25) is 19.7 Å². The molecular formula is C22H21N3O4S. The Morgan fingerprint density at radius 1 is 1.10 bits per heavy atom. The van der Waals surface area contributed by atoms with Gasteiger partial charge in [-0.1, -0.05) is 36.0 Å². The number of ether oxygens (including phenoxy) is 1. The second-order valence-corrected chi connectivity index (χ2v) is 8.22. The second-order valence-electron chi connectivity index (χ2n) is 7.05. The van der Waals surface area contributed by atoms with E-state index in [1.54, 1.807) is 7.11 Å². The van der Waals surface area contributed by atoms with Gasteiger partial charge in [-0.25, -0.2) is 0 Å². The predicted molar refractivity (Wildman–Crippen MR) is 116 cm³/mol. The second kappa shape index (κ2) is 8.62. The average molecular weight is 423 g/mol. The fraction of sp³-hybridized carbons (Fsp3) is 0.227. The van der Waals surface area contributed by atoms with Crippen molar-refractivity contribution in [3.05, 3.63) is 65.4 Å². The number of fused-ring (bicyclic) bond motifs is 1. The van der Waals surface area contributed by atoms with Gasteiger partial charge in [0.2, 0.25) is 5.91 Å². The number of rotatable bonds is 7. The summed E-state index contributed by atoms with van der Waals surface area (Å²) >= 11 is 1.03. The zero-order valence-electron chi connectivity index (χ0n) is 16.4. The maximum atomic E-state index is 12.4. The Bertz CT molecular complexity index is 1110. The number of thioether (sulfide) groups is 1. The van der Waals surface area contributed by atoms with E-state index in [0.717, 1.165) is 39.5 Å². The van der Waals surface area contributed by atoms with E-state index in [1.165, 1.54) is 0 Å². The van der Waals surface area contributed by atoms with Crippen LogP contribution < -0.4 is 15.4 Å². The molecule has 2 aromatic carbocycles. The molecule has 7 nitrogen and oxygen atoms in total. The highest BCUT2D eigenvalue weighted by Gasteiger charge is 2.31. The van der Waals surface area contributed by atoms with Crippen LogP contribution in [-0.4, -0.2) is 40.9 Å². The molecule has 3 aromatic rings. The molecule has 1 aliphatic rings. The summed E-state index contributed by atoms with van der Waals surface area (Å²) in [5.74, 6) is 0.360. The minimum atomic E-state index is -0.362. The van der Waals surface area contributed by atoms with Gasteiger partial charge in [0, 0.05) is 17.4 Å². The van der Waals surface area contributed by atoms with E-state index >= 15 is 0 Å². The number of nitrogens with one attached hydrogen (secondary N) is 3. The lowest BCUT2D eigenvalue weighted by atomic mass is 10.1. The van der Waals surface area contributed by atoms with E-state index in [4.69, 9.17) is 4.74 Å². The number of carbonyl (C=O) groups excluding carboxylic acids is 3. The molecule has 3 N–H and O–H groups in total. The number of benzene rings is 2. The van der Waals surface area contributed by atoms with Crippen molar-refractivity contribution in [3.63, 3.8) is 0 Å². The van der Waals surface area contributed by atoms with Gasteiger partial charge in [0.1, 0.15) is 11.4 Å². The van der Waals surface area contributed by atoms with E-state index in [2.05, 4.69) is 15.6 Å². The topological polar surface area (TPSA) is 100 Å². The smallest absolute Gasteiger partial charge is 0.286 e. The number of methoxy groups -OCH3 is 1. The number of hydrogen-bond acceptors (Lipinski definition) is 5. The Hall–Kier alpha value is -3.26. The molecule has 1 atom stereocenters. The van der Waals surface area contributed by atoms with Crippen molar-refractivity contribution in [2.45, 2.75) is 18.1 Å². The number of hydrogen-bond donors (Lipinski definition) is 3. The van der Waals surface area contributed by atoms with Crippen molar-refractivity contribution >= 4 is 39.7 Å². The summed E-state index contributed by atoms with van der Waals surface area (Å²) < 4.78 is 5.21. The van der Waals surface area contributed by atoms with Crippen LogP contribution >= 0.6 is 11.8 Å². The van der Waals surface area contributed by atoms with Gasteiger partial charge >= 0.3 is 0 Å². The minimum absolute atomic E-state index is 0.157. The van der Waals surface area contributed by atoms with Gasteiger partial charge in [-0.15, -0.1) is 0 Å². The molecule has 0 bridgehead atoms. The summed E-state index contributed by atoms with van der Waals surface area (Å²) in [6, 6.07) is 15.3. The van der Waals surface area contributed by atoms with E-state index in [9.17, 15) is 14.4 Å². The maximum absolute atomic E-state index is 12.4. The van der Waals surface area contributed by atoms with Crippen molar-refractivity contribution in [1.82, 2.24) is 15.6 Å². The molecule has 1 aromatic heterocycles. The minimum Gasteiger partial charge on any atom is -0.497 e. The highest BCUT2D eigenvalue weighted by Crippen LogP contribution is 2.23. The first-order chi connectivity index (χ1) is 14.5. The third kappa shape index (κ3) is 4.49. The standard InChI is InChI=1S/C22H21N3O4S/c1-29-16-6-7-17-15(11-16)12-18(24-17)20(26)23-9-8-13-2-4-14(5-3-13)10-19-21(27)25-22(28)30-19/h2-7,11-12,19,24H,8-10H2,1H3,(H,23,26)(H,25,27,28)/t19-/m0/s1. The molecule has 0 radical (unpaired) electrons. The average Bonchev–Trinajstić information content (AvgIpc) is 3.31. The zero-order valence-corrected chi connectivity index (χ0v) is 17.2. The molecule has 8 heteroatoms. The number of carbonyl (C=O) groups is 3. The molecule has 3 amide bonds. The quantitative estimate of drug-likeness (QED) is 0.542. The van der Waals surface area contributed by atoms with Crippen molar-refractivity contribution in [3.8, 4) is 5.75 Å². The molecular weight excluding hydrogens is 402 g/mol. The molecule has 1 fully saturated rings. The van der Waals surface area contributed by atoms with Crippen molar-refractivity contribution in [2.75, 3.05) is 13.7 Å². The van der Waals surface area contributed by atoms with Crippen LogP contribution in [0.2, 0.25) is 0 Å². The van der Waals surface area contributed by atoms with Gasteiger partial charge in [-0.2, -0.15) is 0 Å². The van der Waals surface area contributed by atoms with Crippen molar-refractivity contribution in [1.29, 1.82) is 0 Å². The summed E-state index contributed by atoms with van der Waals surface area (Å²) in [5.41, 5.74) is 3.47. The number of H-pyrrole nitrogens is 1. The zero-order chi connectivity index (χ0) is 21.1. The number of imide groups is 1. The molecule has 1 aliphatic heterocycles. The largest absolute Gasteiger partial charge is 0.497 e. The maximum Gasteiger partial charge on any atom is 0.286 e. The fourth-order valence-electron chi connectivity index (χ4n) is 3.36. The summed E-state index contributed by atoms with van der Waals surface area (Å²) in [5, 5.41) is 5.50. The van der Waals surface area contributed by atoms with Crippen LogP contribution in [0.25, 0.3) is 10.9 Å². The molecule has 1 saturated heterocycles. The Morgan fingerprint density at radius 2 is 1.87 bits per heavy atom. The lowest BCUT2D eigenvalue weighted by Gasteiger charge is -2.07. The van der Waals surface area contributed by atoms with Crippen LogP contribution in [0.3, 0.4) is 0 Å². The molecule has 0 unspecified atom stereocenters. The number of amides is 3. The van der Waals surface area contributed by atoms with Gasteiger partial charge in [0.25, 0.3) is 11.1 Å². The molecule has 4 rings (SSSR count). The summed E-state index contributed by atoms with van der Waals surface area (Å²) in [6.07, 6.45) is 1.21. The van der Waals surface area contributed by atoms with Crippen molar-refractivity contribution < 1.29 is 19.1 Å². The SMILES string of the molecule is COc1ccc2[nH]c(C(=O)NCCc3ccc(C[C@@H]4SC(=O)NC4=O)cc3)cc2c1. The Labute approximate surface area is 177 Å². The lowest BCUT2D eigenvalue weighted by Crippen LogP contribution is -2.26. The molecule has 154 valence electrons. The fourth-order valence-corrected chi connectivity index (χ4v) is 4.22. The summed E-state index contributed by atoms with van der Waals surface area (Å²) in [4.78, 5) is 38.5. The van der Waals surface area contributed by atoms with Crippen LogP contribution in [0.4, 0.5) is 4.79 Å². The molecule has 0 saturated carbocycles. The van der Waals surface area contributed by atoms with E-state index in [-0.39, 0.29) is 22.3 Å². The number of aromatic amines is 1. The third-order valence-corrected chi connectivity index (χ3v) is 5.96. The highest BCUT2D eigenvalue weighted by atomic mass is 32.2. The van der Waals surface area contributed by atoms with E-state index < -0.39 is 0 Å². The predicted octanol–water partition coefficient (Wildman–Crippen LogP) is 3.04. The Balaban J connectivity index is 1.29. The Morgan fingerprint density at radius 3 is 2.57 bits per heavy atom. The number of aromatic nitrogens is 1. The Kier molecular flexibility index (Phi) is 5.76. The van der Waals surface area contributed by atoms with Crippen LogP contribution in [0.5, 0.6) is 5.75 Å². The van der Waals surface area contributed by atoms with Crippen LogP contribution in [-0.2, 0) is 17.6 Å². The third-order valence-electron chi connectivity index (χ3n) is 4.98. The van der Waals surface area contributed by atoms with E-state index in [1.807, 2.05) is 48.5 Å². The molecule has 0 spiro atoms. The molecule has 30 heavy (non-hydrogen) atoms. The highest BCUT2D eigenvalue weighted by molar-refractivity contribution is 8.15. The van der Waals surface area contributed by atoms with Gasteiger partial charge in [-0.05, 0) is 48.2 Å².